The number of anilines is 1. The van der Waals surface area contributed by atoms with Gasteiger partial charge < -0.3 is 10.1 Å². The van der Waals surface area contributed by atoms with Crippen molar-refractivity contribution in [1.82, 2.24) is 4.98 Å². The number of carbonyl (C=O) groups excluding carboxylic acids is 1. The van der Waals surface area contributed by atoms with E-state index in [1.54, 1.807) is 18.3 Å². The Balaban J connectivity index is 2.04. The van der Waals surface area contributed by atoms with Crippen molar-refractivity contribution in [3.8, 4) is 5.75 Å². The van der Waals surface area contributed by atoms with Crippen LogP contribution < -0.4 is 10.1 Å². The molecule has 0 aliphatic carbocycles. The highest BCUT2D eigenvalue weighted by molar-refractivity contribution is 7.99. The molecule has 1 aromatic heterocycles. The largest absolute Gasteiger partial charge is 0.495 e. The van der Waals surface area contributed by atoms with Crippen LogP contribution in [0.25, 0.3) is 0 Å². The Morgan fingerprint density at radius 2 is 2.23 bits per heavy atom. The fourth-order valence-electron chi connectivity index (χ4n) is 1.67. The van der Waals surface area contributed by atoms with Crippen molar-refractivity contribution in [3.63, 3.8) is 0 Å². The maximum Gasteiger partial charge on any atom is 0.271 e. The highest BCUT2D eigenvalue weighted by Crippen LogP contribution is 2.29. The third-order valence-electron chi connectivity index (χ3n) is 2.66. The molecule has 1 aromatic carbocycles. The topological polar surface area (TPSA) is 94.4 Å². The normalized spacial score (nSPS) is 10.0. The van der Waals surface area contributed by atoms with Gasteiger partial charge in [0.05, 0.1) is 28.5 Å². The first-order valence-electron chi connectivity index (χ1n) is 6.26. The van der Waals surface area contributed by atoms with E-state index < -0.39 is 4.92 Å². The zero-order chi connectivity index (χ0) is 15.9. The molecule has 0 bridgehead atoms. The molecule has 0 saturated carbocycles. The van der Waals surface area contributed by atoms with Crippen molar-refractivity contribution in [3.05, 3.63) is 52.7 Å². The quantitative estimate of drug-likeness (QED) is 0.500. The summed E-state index contributed by atoms with van der Waals surface area (Å²) in [7, 11) is 1.43. The van der Waals surface area contributed by atoms with Gasteiger partial charge in [0.2, 0.25) is 5.91 Å². The average molecular weight is 319 g/mol. The number of nitrogens with zero attached hydrogens (tertiary/aromatic N) is 2. The first-order chi connectivity index (χ1) is 10.6. The summed E-state index contributed by atoms with van der Waals surface area (Å²) in [5.41, 5.74) is 0.150. The minimum Gasteiger partial charge on any atom is -0.495 e. The molecule has 0 saturated heterocycles. The summed E-state index contributed by atoms with van der Waals surface area (Å²) in [5, 5.41) is 14.1. The maximum absolute atomic E-state index is 11.9. The summed E-state index contributed by atoms with van der Waals surface area (Å²) in [4.78, 5) is 26.3. The van der Waals surface area contributed by atoms with Crippen LogP contribution in [0.2, 0.25) is 0 Å². The van der Waals surface area contributed by atoms with E-state index in [0.717, 1.165) is 5.03 Å². The van der Waals surface area contributed by atoms with Crippen LogP contribution in [0, 0.1) is 10.1 Å². The van der Waals surface area contributed by atoms with Crippen LogP contribution in [0.15, 0.2) is 47.6 Å². The van der Waals surface area contributed by atoms with Gasteiger partial charge in [-0.05, 0) is 18.2 Å². The molecule has 114 valence electrons. The van der Waals surface area contributed by atoms with Gasteiger partial charge in [-0.1, -0.05) is 17.8 Å². The van der Waals surface area contributed by atoms with Crippen LogP contribution in [-0.4, -0.2) is 28.7 Å². The maximum atomic E-state index is 11.9. The Labute approximate surface area is 130 Å². The molecule has 1 amide bonds. The Morgan fingerprint density at radius 3 is 2.86 bits per heavy atom. The van der Waals surface area contributed by atoms with E-state index in [2.05, 4.69) is 10.3 Å². The van der Waals surface area contributed by atoms with E-state index in [0.29, 0.717) is 5.75 Å². The number of methoxy groups -OCH3 is 1. The van der Waals surface area contributed by atoms with E-state index in [1.165, 1.54) is 37.1 Å². The number of ether oxygens (including phenoxy) is 1. The number of thioether (sulfide) groups is 1. The monoisotopic (exact) mass is 319 g/mol. The van der Waals surface area contributed by atoms with Crippen LogP contribution in [0.3, 0.4) is 0 Å². The third-order valence-corrected chi connectivity index (χ3v) is 3.60. The zero-order valence-corrected chi connectivity index (χ0v) is 12.5. The summed E-state index contributed by atoms with van der Waals surface area (Å²) in [5.74, 6) is 0.208. The molecule has 0 unspecified atom stereocenters. The van der Waals surface area contributed by atoms with Crippen molar-refractivity contribution >= 4 is 29.0 Å². The van der Waals surface area contributed by atoms with Gasteiger partial charge in [-0.15, -0.1) is 0 Å². The third kappa shape index (κ3) is 4.19. The summed E-state index contributed by atoms with van der Waals surface area (Å²) in [6.45, 7) is 0. The predicted molar refractivity (Wildman–Crippen MR) is 83.2 cm³/mol. The summed E-state index contributed by atoms with van der Waals surface area (Å²) in [6.07, 6.45) is 1.64. The Kier molecular flexibility index (Phi) is 5.31. The lowest BCUT2D eigenvalue weighted by atomic mass is 10.2. The summed E-state index contributed by atoms with van der Waals surface area (Å²) < 4.78 is 5.09. The Hall–Kier alpha value is -2.61. The molecule has 0 atom stereocenters. The number of pyridine rings is 1. The highest BCUT2D eigenvalue weighted by Gasteiger charge is 2.13. The van der Waals surface area contributed by atoms with Crippen LogP contribution in [0.1, 0.15) is 0 Å². The number of carbonyl (C=O) groups is 1. The molecule has 0 aliphatic rings. The number of hydrogen-bond acceptors (Lipinski definition) is 6. The van der Waals surface area contributed by atoms with Gasteiger partial charge in [-0.25, -0.2) is 4.98 Å². The zero-order valence-electron chi connectivity index (χ0n) is 11.7. The molecule has 1 N–H and O–H groups in total. The molecule has 0 fully saturated rings. The van der Waals surface area contributed by atoms with Gasteiger partial charge >= 0.3 is 0 Å². The molecule has 0 radical (unpaired) electrons. The smallest absolute Gasteiger partial charge is 0.271 e. The first kappa shape index (κ1) is 15.8. The van der Waals surface area contributed by atoms with Crippen molar-refractivity contribution in [2.75, 3.05) is 18.2 Å². The van der Waals surface area contributed by atoms with Gasteiger partial charge in [0.1, 0.15) is 5.75 Å². The summed E-state index contributed by atoms with van der Waals surface area (Å²) >= 11 is 1.27. The number of nitro groups is 1. The van der Waals surface area contributed by atoms with Crippen molar-refractivity contribution in [2.24, 2.45) is 0 Å². The van der Waals surface area contributed by atoms with E-state index in [1.807, 2.05) is 6.07 Å². The number of amides is 1. The molecule has 0 spiro atoms. The van der Waals surface area contributed by atoms with Crippen LogP contribution in [-0.2, 0) is 4.79 Å². The van der Waals surface area contributed by atoms with Crippen LogP contribution in [0.4, 0.5) is 11.4 Å². The molecular formula is C14H13N3O4S. The number of non-ortho nitro benzene ring substituents is 1. The Bertz CT molecular complexity index is 679. The molecule has 0 aliphatic heterocycles. The van der Waals surface area contributed by atoms with Gasteiger partial charge in [-0.3, -0.25) is 14.9 Å². The second-order valence-corrected chi connectivity index (χ2v) is 5.14. The standard InChI is InChI=1S/C14H13N3O4S/c1-21-12-6-5-10(17(19)20)8-11(12)16-13(18)9-22-14-4-2-3-7-15-14/h2-8H,9H2,1H3,(H,16,18). The minimum atomic E-state index is -0.530. The van der Waals surface area contributed by atoms with Gasteiger partial charge in [0.25, 0.3) is 5.69 Å². The SMILES string of the molecule is COc1ccc([N+](=O)[O-])cc1NC(=O)CSc1ccccn1. The second kappa shape index (κ2) is 7.41. The minimum absolute atomic E-state index is 0.117. The van der Waals surface area contributed by atoms with Gasteiger partial charge in [0, 0.05) is 18.3 Å². The number of benzene rings is 1. The number of nitro benzene ring substituents is 1. The fourth-order valence-corrected chi connectivity index (χ4v) is 2.33. The second-order valence-electron chi connectivity index (χ2n) is 4.15. The number of rotatable bonds is 6. The molecule has 1 heterocycles. The van der Waals surface area contributed by atoms with Crippen molar-refractivity contribution < 1.29 is 14.5 Å². The average Bonchev–Trinajstić information content (AvgIpc) is 2.53. The predicted octanol–water partition coefficient (Wildman–Crippen LogP) is 2.73. The Morgan fingerprint density at radius 1 is 1.41 bits per heavy atom. The van der Waals surface area contributed by atoms with Crippen molar-refractivity contribution in [2.45, 2.75) is 5.03 Å². The highest BCUT2D eigenvalue weighted by atomic mass is 32.2. The number of hydrogen-bond donors (Lipinski definition) is 1. The summed E-state index contributed by atoms with van der Waals surface area (Å²) in [6, 6.07) is 9.44. The number of nitrogens with one attached hydrogen (secondary N) is 1. The van der Waals surface area contributed by atoms with E-state index in [4.69, 9.17) is 4.74 Å². The van der Waals surface area contributed by atoms with Crippen LogP contribution in [0.5, 0.6) is 5.75 Å². The van der Waals surface area contributed by atoms with Crippen molar-refractivity contribution in [1.29, 1.82) is 0 Å². The molecule has 22 heavy (non-hydrogen) atoms. The molecular weight excluding hydrogens is 306 g/mol. The lowest BCUT2D eigenvalue weighted by molar-refractivity contribution is -0.384. The molecule has 2 aromatic rings. The van der Waals surface area contributed by atoms with Gasteiger partial charge in [-0.2, -0.15) is 0 Å². The van der Waals surface area contributed by atoms with E-state index >= 15 is 0 Å². The lowest BCUT2D eigenvalue weighted by Crippen LogP contribution is -2.15. The molecule has 8 heteroatoms. The first-order valence-corrected chi connectivity index (χ1v) is 7.25. The molecule has 2 rings (SSSR count). The van der Waals surface area contributed by atoms with E-state index in [-0.39, 0.29) is 23.0 Å². The fraction of sp³-hybridized carbons (Fsp3) is 0.143. The number of aromatic nitrogens is 1. The van der Waals surface area contributed by atoms with Crippen LogP contribution >= 0.6 is 11.8 Å². The molecule has 7 nitrogen and oxygen atoms in total. The van der Waals surface area contributed by atoms with Gasteiger partial charge in [0.15, 0.2) is 0 Å². The van der Waals surface area contributed by atoms with E-state index in [9.17, 15) is 14.9 Å². The lowest BCUT2D eigenvalue weighted by Gasteiger charge is -2.09.